The van der Waals surface area contributed by atoms with E-state index in [1.807, 2.05) is 0 Å². The van der Waals surface area contributed by atoms with Gasteiger partial charge in [-0.15, -0.1) is 69.1 Å². The molecule has 0 saturated heterocycles. The molecule has 1 unspecified atom stereocenters. The van der Waals surface area contributed by atoms with Crippen LogP contribution in [0.4, 0.5) is 0 Å². The van der Waals surface area contributed by atoms with Gasteiger partial charge >= 0.3 is 41.9 Å². The predicted molar refractivity (Wildman–Crippen MR) is 239 cm³/mol. The molecule has 6 aromatic carbocycles. The molecule has 4 aliphatic rings. The average molecular weight is 891 g/mol. The third-order valence-corrected chi connectivity index (χ3v) is 13.2. The molecular weight excluding hydrogens is 827 g/mol. The molecule has 1 atom stereocenters. The predicted octanol–water partition coefficient (Wildman–Crippen LogP) is 9.48. The van der Waals surface area contributed by atoms with Crippen LogP contribution in [-0.4, -0.2) is 5.43 Å². The van der Waals surface area contributed by atoms with E-state index in [1.165, 1.54) is 112 Å². The van der Waals surface area contributed by atoms with Gasteiger partial charge in [0.2, 0.25) is 0 Å². The maximum Gasteiger partial charge on any atom is -1.00 e. The topological polar surface area (TPSA) is 0 Å². The Hall–Kier alpha value is -2.22. The summed E-state index contributed by atoms with van der Waals surface area (Å²) in [6.45, 7) is 18.3. The summed E-state index contributed by atoms with van der Waals surface area (Å²) in [7, 11) is 0. The summed E-state index contributed by atoms with van der Waals surface area (Å²) < 4.78 is 0. The molecule has 0 heterocycles. The van der Waals surface area contributed by atoms with Gasteiger partial charge in [-0.1, -0.05) is 120 Å². The maximum atomic E-state index is 2.48. The van der Waals surface area contributed by atoms with Crippen LogP contribution in [0.5, 0.6) is 0 Å². The maximum absolute atomic E-state index is 2.48. The molecule has 0 aliphatic heterocycles. The van der Waals surface area contributed by atoms with E-state index in [9.17, 15) is 0 Å². The van der Waals surface area contributed by atoms with Crippen LogP contribution in [-0.2, 0) is 40.6 Å². The molecule has 4 heteroatoms. The first-order valence-corrected chi connectivity index (χ1v) is 27.7. The number of hydrogen-bond acceptors (Lipinski definition) is 0. The van der Waals surface area contributed by atoms with Gasteiger partial charge in [0.25, 0.3) is 0 Å². The van der Waals surface area contributed by atoms with E-state index in [0.717, 1.165) is 24.2 Å². The van der Waals surface area contributed by atoms with Gasteiger partial charge in [-0.3, -0.25) is 0 Å². The molecule has 6 aromatic rings. The van der Waals surface area contributed by atoms with Crippen molar-refractivity contribution in [3.8, 4) is 22.3 Å². The Kier molecular flexibility index (Phi) is 15.6. The van der Waals surface area contributed by atoms with Crippen LogP contribution in [0.25, 0.3) is 43.8 Å². The van der Waals surface area contributed by atoms with Crippen molar-refractivity contribution in [3.05, 3.63) is 131 Å². The first-order valence-electron chi connectivity index (χ1n) is 21.5. The van der Waals surface area contributed by atoms with Crippen molar-refractivity contribution >= 4 is 27.0 Å². The van der Waals surface area contributed by atoms with Gasteiger partial charge in [0, 0.05) is 0 Å². The summed E-state index contributed by atoms with van der Waals surface area (Å²) >= 11 is 1.74. The van der Waals surface area contributed by atoms with E-state index in [4.69, 9.17) is 0 Å². The first-order chi connectivity index (χ1) is 26.4. The van der Waals surface area contributed by atoms with E-state index in [-0.39, 0.29) is 35.7 Å². The van der Waals surface area contributed by atoms with Gasteiger partial charge in [-0.2, -0.15) is 12.1 Å². The fourth-order valence-corrected chi connectivity index (χ4v) is 10.8. The van der Waals surface area contributed by atoms with Crippen molar-refractivity contribution in [2.75, 3.05) is 0 Å². The van der Waals surface area contributed by atoms with Crippen LogP contribution in [0.3, 0.4) is 0 Å². The zero-order valence-electron chi connectivity index (χ0n) is 35.8. The smallest absolute Gasteiger partial charge is 1.00 e. The van der Waals surface area contributed by atoms with Crippen molar-refractivity contribution in [2.45, 2.75) is 129 Å². The SMILES string of the molecule is CCCC(C)c1cc2c(-c3ccc(C(C)(C)C)cc3)cccc2[cH-]1.CCc1cc2c(-c3ccc(C45CC6CC(CC(C6)C4)C5)cc3)cccc2[cH-]1.C[Si](C)=[Zr+2].[Cl-].[Cl-]. The second-order valence-electron chi connectivity index (χ2n) is 18.9. The second kappa shape index (κ2) is 19.4. The molecule has 4 bridgehead atoms. The van der Waals surface area contributed by atoms with E-state index < -0.39 is 0 Å². The van der Waals surface area contributed by atoms with Gasteiger partial charge in [-0.25, -0.2) is 0 Å². The molecule has 0 spiro atoms. The summed E-state index contributed by atoms with van der Waals surface area (Å²) in [6.07, 6.45) is 12.5. The number of hydrogen-bond donors (Lipinski definition) is 0. The summed E-state index contributed by atoms with van der Waals surface area (Å²) in [5.41, 5.74) is 12.3. The van der Waals surface area contributed by atoms with Gasteiger partial charge in [0.05, 0.1) is 0 Å². The molecule has 4 fully saturated rings. The summed E-state index contributed by atoms with van der Waals surface area (Å²) in [4.78, 5) is 0. The van der Waals surface area contributed by atoms with Crippen LogP contribution >= 0.6 is 0 Å². The normalized spacial score (nSPS) is 21.1. The van der Waals surface area contributed by atoms with Crippen molar-refractivity contribution in [2.24, 2.45) is 17.8 Å². The Bertz CT molecular complexity index is 2190. The van der Waals surface area contributed by atoms with E-state index in [1.54, 1.807) is 28.9 Å². The molecule has 0 amide bonds. The van der Waals surface area contributed by atoms with Crippen LogP contribution < -0.4 is 24.8 Å². The Morgan fingerprint density at radius 1 is 0.702 bits per heavy atom. The summed E-state index contributed by atoms with van der Waals surface area (Å²) in [5, 5.41) is 5.55. The monoisotopic (exact) mass is 888 g/mol. The number of halogens is 2. The molecule has 10 rings (SSSR count). The number of aryl methyl sites for hydroxylation is 1. The van der Waals surface area contributed by atoms with Crippen LogP contribution in [0.2, 0.25) is 13.1 Å². The largest absolute Gasteiger partial charge is 1.00 e. The molecule has 4 aliphatic carbocycles. The average Bonchev–Trinajstić information content (AvgIpc) is 3.79. The zero-order valence-corrected chi connectivity index (χ0v) is 40.8. The standard InChI is InChI=1S/C27H29.C24H29.C2H6Si.2ClH.Zr/c1-2-18-13-23-4-3-5-25(26(23)14-18)22-6-8-24(9-7-22)27-15-19-10-20(16-27)12-21(11-19)17-27;1-6-8-17(2)20-15-19-9-7-10-22(23(19)16-20)18-11-13-21(14-12-18)24(3,4)5;1-3-2;;;/h3-9,13-14,19-21H,2,10-12,15-17H2,1H3;7,9-17H,6,8H2,1-5H3;1-2H3;2*1H;/q2*-1;;;;+2/p-2. The molecule has 57 heavy (non-hydrogen) atoms. The van der Waals surface area contributed by atoms with E-state index >= 15 is 0 Å². The van der Waals surface area contributed by atoms with Crippen molar-refractivity contribution in [1.82, 2.24) is 0 Å². The number of benzene rings is 4. The second-order valence-corrected chi connectivity index (χ2v) is 28.3. The summed E-state index contributed by atoms with van der Waals surface area (Å²) in [5.74, 6) is 3.68. The molecule has 0 N–H and O–H groups in total. The van der Waals surface area contributed by atoms with Gasteiger partial charge in [0.15, 0.2) is 0 Å². The van der Waals surface area contributed by atoms with Crippen molar-refractivity contribution in [1.29, 1.82) is 0 Å². The van der Waals surface area contributed by atoms with Crippen LogP contribution in [0, 0.1) is 17.8 Å². The minimum absolute atomic E-state index is 0. The molecule has 300 valence electrons. The molecule has 0 nitrogen and oxygen atoms in total. The van der Waals surface area contributed by atoms with Gasteiger partial charge in [-0.05, 0) is 108 Å². The molecule has 0 aromatic heterocycles. The zero-order chi connectivity index (χ0) is 38.9. The fourth-order valence-electron chi connectivity index (χ4n) is 10.8. The van der Waals surface area contributed by atoms with E-state index in [0.29, 0.717) is 11.3 Å². The minimum Gasteiger partial charge on any atom is -1.00 e. The number of rotatable bonds is 7. The van der Waals surface area contributed by atoms with Gasteiger partial charge < -0.3 is 24.8 Å². The Morgan fingerprint density at radius 2 is 1.18 bits per heavy atom. The first kappa shape index (κ1) is 45.9. The molecule has 4 saturated carbocycles. The fraction of sp³-hybridized carbons (Fsp3) is 0.434. The Labute approximate surface area is 373 Å². The van der Waals surface area contributed by atoms with Crippen LogP contribution in [0.15, 0.2) is 109 Å². The van der Waals surface area contributed by atoms with Crippen molar-refractivity contribution < 1.29 is 48.1 Å². The minimum atomic E-state index is 0. The summed E-state index contributed by atoms with van der Waals surface area (Å²) in [6, 6.07) is 41.8. The number of fused-ring (bicyclic) bond motifs is 2. The van der Waals surface area contributed by atoms with Crippen LogP contribution in [0.1, 0.15) is 121 Å². The Balaban J connectivity index is 0.000000194. The third kappa shape index (κ3) is 10.4. The molecular formula is C53H64Cl2SiZr-2. The van der Waals surface area contributed by atoms with Gasteiger partial charge in [0.1, 0.15) is 0 Å². The van der Waals surface area contributed by atoms with Crippen molar-refractivity contribution in [3.63, 3.8) is 0 Å². The Morgan fingerprint density at radius 3 is 1.65 bits per heavy atom. The molecule has 0 radical (unpaired) electrons. The third-order valence-electron chi connectivity index (χ3n) is 13.2. The quantitative estimate of drug-likeness (QED) is 0.111. The van der Waals surface area contributed by atoms with E-state index in [2.05, 4.69) is 164 Å².